The molecule has 4 nitrogen and oxygen atoms in total. The van der Waals surface area contributed by atoms with E-state index in [1.165, 1.54) is 12.3 Å². The highest BCUT2D eigenvalue weighted by molar-refractivity contribution is 5.34. The summed E-state index contributed by atoms with van der Waals surface area (Å²) in [6.45, 7) is 0. The van der Waals surface area contributed by atoms with Crippen LogP contribution in [-0.2, 0) is 0 Å². The Morgan fingerprint density at radius 3 is 2.80 bits per heavy atom. The molecule has 5 heteroatoms. The molecule has 0 amide bonds. The SMILES string of the molecule is NNC(c1cccc(OC2CC2)c1)c1ccc(F)cn1. The van der Waals surface area contributed by atoms with E-state index in [0.29, 0.717) is 11.8 Å². The van der Waals surface area contributed by atoms with Crippen LogP contribution in [0.5, 0.6) is 5.75 Å². The minimum Gasteiger partial charge on any atom is -0.490 e. The highest BCUT2D eigenvalue weighted by Gasteiger charge is 2.24. The Labute approximate surface area is 116 Å². The molecular formula is C15H16FN3O. The van der Waals surface area contributed by atoms with Crippen LogP contribution in [0.3, 0.4) is 0 Å². The molecule has 1 atom stereocenters. The summed E-state index contributed by atoms with van der Waals surface area (Å²) in [7, 11) is 0. The molecule has 1 saturated carbocycles. The lowest BCUT2D eigenvalue weighted by Crippen LogP contribution is -2.29. The number of hydrazine groups is 1. The Kier molecular flexibility index (Phi) is 3.62. The molecule has 1 fully saturated rings. The van der Waals surface area contributed by atoms with Gasteiger partial charge in [-0.3, -0.25) is 10.8 Å². The maximum Gasteiger partial charge on any atom is 0.141 e. The van der Waals surface area contributed by atoms with Gasteiger partial charge in [-0.05, 0) is 42.7 Å². The molecule has 3 rings (SSSR count). The zero-order valence-corrected chi connectivity index (χ0v) is 10.9. The lowest BCUT2D eigenvalue weighted by molar-refractivity contribution is 0.302. The highest BCUT2D eigenvalue weighted by atomic mass is 19.1. The minimum atomic E-state index is -0.365. The smallest absolute Gasteiger partial charge is 0.141 e. The van der Waals surface area contributed by atoms with Gasteiger partial charge in [0.05, 0.1) is 24.0 Å². The molecule has 1 aliphatic carbocycles. The Hall–Kier alpha value is -1.98. The maximum absolute atomic E-state index is 12.9. The van der Waals surface area contributed by atoms with Gasteiger partial charge in [0.2, 0.25) is 0 Å². The maximum atomic E-state index is 12.9. The molecule has 1 unspecified atom stereocenters. The van der Waals surface area contributed by atoms with Crippen LogP contribution in [0.1, 0.15) is 30.1 Å². The van der Waals surface area contributed by atoms with Crippen molar-refractivity contribution in [1.29, 1.82) is 0 Å². The number of aromatic nitrogens is 1. The van der Waals surface area contributed by atoms with Gasteiger partial charge >= 0.3 is 0 Å². The zero-order valence-electron chi connectivity index (χ0n) is 10.9. The van der Waals surface area contributed by atoms with E-state index < -0.39 is 0 Å². The van der Waals surface area contributed by atoms with Crippen molar-refractivity contribution >= 4 is 0 Å². The fourth-order valence-electron chi connectivity index (χ4n) is 2.06. The van der Waals surface area contributed by atoms with E-state index in [1.54, 1.807) is 6.07 Å². The first kappa shape index (κ1) is 13.0. The highest BCUT2D eigenvalue weighted by Crippen LogP contribution is 2.29. The van der Waals surface area contributed by atoms with Crippen molar-refractivity contribution in [2.75, 3.05) is 0 Å². The van der Waals surface area contributed by atoms with Gasteiger partial charge in [0.15, 0.2) is 0 Å². The van der Waals surface area contributed by atoms with Gasteiger partial charge in [0.25, 0.3) is 0 Å². The number of rotatable bonds is 5. The van der Waals surface area contributed by atoms with Gasteiger partial charge in [-0.2, -0.15) is 0 Å². The summed E-state index contributed by atoms with van der Waals surface area (Å²) < 4.78 is 18.7. The van der Waals surface area contributed by atoms with Crippen LogP contribution in [0.2, 0.25) is 0 Å². The minimum absolute atomic E-state index is 0.293. The summed E-state index contributed by atoms with van der Waals surface area (Å²) in [6, 6.07) is 10.4. The van der Waals surface area contributed by atoms with Crippen molar-refractivity contribution < 1.29 is 9.13 Å². The number of pyridine rings is 1. The first-order valence-corrected chi connectivity index (χ1v) is 6.60. The van der Waals surface area contributed by atoms with Crippen LogP contribution >= 0.6 is 0 Å². The zero-order chi connectivity index (χ0) is 13.9. The molecule has 104 valence electrons. The molecule has 0 aliphatic heterocycles. The summed E-state index contributed by atoms with van der Waals surface area (Å²) in [5.41, 5.74) is 4.31. The summed E-state index contributed by atoms with van der Waals surface area (Å²) in [4.78, 5) is 4.07. The van der Waals surface area contributed by atoms with Crippen molar-refractivity contribution in [1.82, 2.24) is 10.4 Å². The van der Waals surface area contributed by atoms with Gasteiger partial charge in [0.1, 0.15) is 11.6 Å². The van der Waals surface area contributed by atoms with Crippen molar-refractivity contribution in [2.45, 2.75) is 25.0 Å². The second kappa shape index (κ2) is 5.56. The number of benzene rings is 1. The van der Waals surface area contributed by atoms with Crippen LogP contribution in [0.15, 0.2) is 42.6 Å². The second-order valence-electron chi connectivity index (χ2n) is 4.89. The predicted molar refractivity (Wildman–Crippen MR) is 73.5 cm³/mol. The van der Waals surface area contributed by atoms with E-state index in [0.717, 1.165) is 24.2 Å². The van der Waals surface area contributed by atoms with Gasteiger partial charge in [0, 0.05) is 0 Å². The standard InChI is InChI=1S/C15H16FN3O/c16-11-4-7-14(18-9-11)15(19-17)10-2-1-3-13(8-10)20-12-5-6-12/h1-4,7-9,12,15,19H,5-6,17H2. The molecule has 0 bridgehead atoms. The third kappa shape index (κ3) is 2.95. The number of hydrogen-bond donors (Lipinski definition) is 2. The molecule has 0 spiro atoms. The number of hydrogen-bond acceptors (Lipinski definition) is 4. The van der Waals surface area contributed by atoms with Crippen molar-refractivity contribution in [3.05, 3.63) is 59.7 Å². The Bertz CT molecular complexity index is 584. The second-order valence-corrected chi connectivity index (χ2v) is 4.89. The average molecular weight is 273 g/mol. The van der Waals surface area contributed by atoms with E-state index >= 15 is 0 Å². The number of nitrogens with two attached hydrogens (primary N) is 1. The third-order valence-corrected chi connectivity index (χ3v) is 3.23. The lowest BCUT2D eigenvalue weighted by atomic mass is 10.0. The molecule has 2 aromatic rings. The Morgan fingerprint density at radius 2 is 2.15 bits per heavy atom. The van der Waals surface area contributed by atoms with Crippen LogP contribution in [-0.4, -0.2) is 11.1 Å². The Balaban J connectivity index is 1.85. The van der Waals surface area contributed by atoms with E-state index in [2.05, 4.69) is 10.4 Å². The predicted octanol–water partition coefficient (Wildman–Crippen LogP) is 2.31. The van der Waals surface area contributed by atoms with Gasteiger partial charge in [-0.25, -0.2) is 9.82 Å². The molecule has 0 saturated heterocycles. The van der Waals surface area contributed by atoms with Crippen molar-refractivity contribution in [2.24, 2.45) is 5.84 Å². The van der Waals surface area contributed by atoms with Crippen LogP contribution in [0.4, 0.5) is 4.39 Å². The summed E-state index contributed by atoms with van der Waals surface area (Å²) >= 11 is 0. The Morgan fingerprint density at radius 1 is 1.30 bits per heavy atom. The molecule has 1 aromatic carbocycles. The van der Waals surface area contributed by atoms with E-state index in [9.17, 15) is 4.39 Å². The molecular weight excluding hydrogens is 257 g/mol. The number of ether oxygens (including phenoxy) is 1. The molecule has 0 radical (unpaired) electrons. The average Bonchev–Trinajstić information content (AvgIpc) is 3.26. The third-order valence-electron chi connectivity index (χ3n) is 3.23. The molecule has 3 N–H and O–H groups in total. The van der Waals surface area contributed by atoms with Crippen molar-refractivity contribution in [3.8, 4) is 5.75 Å². The van der Waals surface area contributed by atoms with Crippen LogP contribution in [0.25, 0.3) is 0 Å². The first-order valence-electron chi connectivity index (χ1n) is 6.60. The topological polar surface area (TPSA) is 60.2 Å². The summed E-state index contributed by atoms with van der Waals surface area (Å²) in [6.07, 6.45) is 3.76. The van der Waals surface area contributed by atoms with Crippen molar-refractivity contribution in [3.63, 3.8) is 0 Å². The van der Waals surface area contributed by atoms with E-state index in [4.69, 9.17) is 10.6 Å². The number of halogens is 1. The molecule has 20 heavy (non-hydrogen) atoms. The van der Waals surface area contributed by atoms with Crippen LogP contribution < -0.4 is 16.0 Å². The summed E-state index contributed by atoms with van der Waals surface area (Å²) in [5.74, 6) is 6.07. The largest absolute Gasteiger partial charge is 0.490 e. The van der Waals surface area contributed by atoms with Gasteiger partial charge in [-0.15, -0.1) is 0 Å². The fourth-order valence-corrected chi connectivity index (χ4v) is 2.06. The number of nitrogens with one attached hydrogen (secondary N) is 1. The molecule has 1 aromatic heterocycles. The number of nitrogens with zero attached hydrogens (tertiary/aromatic N) is 1. The molecule has 1 aliphatic rings. The van der Waals surface area contributed by atoms with Gasteiger partial charge in [-0.1, -0.05) is 12.1 Å². The van der Waals surface area contributed by atoms with E-state index in [-0.39, 0.29) is 11.9 Å². The normalized spacial score (nSPS) is 15.9. The monoisotopic (exact) mass is 273 g/mol. The summed E-state index contributed by atoms with van der Waals surface area (Å²) in [5, 5.41) is 0. The molecule has 1 heterocycles. The quantitative estimate of drug-likeness (QED) is 0.648. The van der Waals surface area contributed by atoms with E-state index in [1.807, 2.05) is 24.3 Å². The van der Waals surface area contributed by atoms with Gasteiger partial charge < -0.3 is 4.74 Å². The first-order chi connectivity index (χ1) is 9.76. The van der Waals surface area contributed by atoms with Crippen LogP contribution in [0, 0.1) is 5.82 Å². The fraction of sp³-hybridized carbons (Fsp3) is 0.267. The lowest BCUT2D eigenvalue weighted by Gasteiger charge is -2.17.